The van der Waals surface area contributed by atoms with Crippen LogP contribution in [0.5, 0.6) is 0 Å². The van der Waals surface area contributed by atoms with Crippen LogP contribution in [0.25, 0.3) is 0 Å². The van der Waals surface area contributed by atoms with Gasteiger partial charge in [-0.25, -0.2) is 0 Å². The molecule has 5 heteroatoms. The lowest BCUT2D eigenvalue weighted by molar-refractivity contribution is -0.127. The van der Waals surface area contributed by atoms with Crippen LogP contribution in [0.4, 0.5) is 0 Å². The second-order valence-electron chi connectivity index (χ2n) is 4.05. The molecule has 0 bridgehead atoms. The van der Waals surface area contributed by atoms with Crippen molar-refractivity contribution in [3.63, 3.8) is 0 Å². The summed E-state index contributed by atoms with van der Waals surface area (Å²) >= 11 is 0. The third-order valence-electron chi connectivity index (χ3n) is 2.67. The van der Waals surface area contributed by atoms with Gasteiger partial charge in [0, 0.05) is 6.42 Å². The van der Waals surface area contributed by atoms with E-state index >= 15 is 0 Å². The molecule has 1 saturated heterocycles. The van der Waals surface area contributed by atoms with Crippen LogP contribution in [0, 0.1) is 0 Å². The minimum atomic E-state index is -0.462. The summed E-state index contributed by atoms with van der Waals surface area (Å²) in [7, 11) is 0. The van der Waals surface area contributed by atoms with E-state index in [2.05, 4.69) is 10.6 Å². The molecule has 1 fully saturated rings. The van der Waals surface area contributed by atoms with Crippen molar-refractivity contribution in [3.8, 4) is 0 Å². The average Bonchev–Trinajstić information content (AvgIpc) is 2.70. The van der Waals surface area contributed by atoms with Gasteiger partial charge in [-0.3, -0.25) is 9.59 Å². The van der Waals surface area contributed by atoms with Crippen LogP contribution in [0.3, 0.4) is 0 Å². The molecule has 2 N–H and O–H groups in total. The Morgan fingerprint density at radius 2 is 2.44 bits per heavy atom. The number of unbranched alkanes of at least 4 members (excludes halogenated alkanes) is 1. The molecular formula is C11H18N2O3. The van der Waals surface area contributed by atoms with E-state index in [1.54, 1.807) is 0 Å². The zero-order chi connectivity index (χ0) is 12.0. The van der Waals surface area contributed by atoms with Crippen molar-refractivity contribution in [1.82, 2.24) is 10.6 Å². The Balaban J connectivity index is 2.36. The normalized spacial score (nSPS) is 21.3. The molecule has 0 aromatic carbocycles. The van der Waals surface area contributed by atoms with Gasteiger partial charge >= 0.3 is 0 Å². The minimum Gasteiger partial charge on any atom is -0.345 e. The Labute approximate surface area is 95.0 Å². The van der Waals surface area contributed by atoms with Crippen molar-refractivity contribution in [1.29, 1.82) is 0 Å². The van der Waals surface area contributed by atoms with E-state index in [0.717, 1.165) is 19.1 Å². The van der Waals surface area contributed by atoms with Gasteiger partial charge in [-0.2, -0.15) is 0 Å². The van der Waals surface area contributed by atoms with Crippen LogP contribution >= 0.6 is 0 Å². The molecule has 2 amide bonds. The fourth-order valence-corrected chi connectivity index (χ4v) is 1.69. The monoisotopic (exact) mass is 226 g/mol. The Kier molecular flexibility index (Phi) is 4.95. The summed E-state index contributed by atoms with van der Waals surface area (Å²) in [6.07, 6.45) is 4.21. The predicted molar refractivity (Wildman–Crippen MR) is 58.7 cm³/mol. The second kappa shape index (κ2) is 6.25. The fourth-order valence-electron chi connectivity index (χ4n) is 1.69. The predicted octanol–water partition coefficient (Wildman–Crippen LogP) is 0.139. The lowest BCUT2D eigenvalue weighted by atomic mass is 10.1. The van der Waals surface area contributed by atoms with Crippen molar-refractivity contribution < 1.29 is 14.4 Å². The molecule has 16 heavy (non-hydrogen) atoms. The molecule has 0 unspecified atom stereocenters. The summed E-state index contributed by atoms with van der Waals surface area (Å²) in [5, 5.41) is 5.21. The first-order valence-electron chi connectivity index (χ1n) is 5.72. The van der Waals surface area contributed by atoms with Gasteiger partial charge in [0.25, 0.3) is 0 Å². The summed E-state index contributed by atoms with van der Waals surface area (Å²) in [4.78, 5) is 33.3. The standard InChI is InChI=1S/C11H18N2O3/c1-2-3-4-8(7-14)12-11(16)9-5-6-10(15)13-9/h7-9H,2-6H2,1H3,(H,12,16)(H,13,15)/t8-,9-/m0/s1. The third kappa shape index (κ3) is 3.64. The molecule has 5 nitrogen and oxygen atoms in total. The molecule has 0 saturated carbocycles. The van der Waals surface area contributed by atoms with E-state index in [-0.39, 0.29) is 11.8 Å². The summed E-state index contributed by atoms with van der Waals surface area (Å²) in [5.74, 6) is -0.351. The molecule has 0 aromatic rings. The zero-order valence-corrected chi connectivity index (χ0v) is 9.49. The molecule has 1 aliphatic rings. The molecule has 1 heterocycles. The van der Waals surface area contributed by atoms with Gasteiger partial charge in [0.05, 0.1) is 6.04 Å². The maximum atomic E-state index is 11.6. The summed E-state index contributed by atoms with van der Waals surface area (Å²) in [6, 6.07) is -0.887. The van der Waals surface area contributed by atoms with Crippen molar-refractivity contribution in [2.75, 3.05) is 0 Å². The van der Waals surface area contributed by atoms with Gasteiger partial charge in [0.15, 0.2) is 0 Å². The lowest BCUT2D eigenvalue weighted by Gasteiger charge is -2.15. The maximum Gasteiger partial charge on any atom is 0.243 e. The van der Waals surface area contributed by atoms with Gasteiger partial charge in [-0.15, -0.1) is 0 Å². The first-order chi connectivity index (χ1) is 7.67. The first-order valence-corrected chi connectivity index (χ1v) is 5.72. The lowest BCUT2D eigenvalue weighted by Crippen LogP contribution is -2.46. The van der Waals surface area contributed by atoms with Gasteiger partial charge in [-0.1, -0.05) is 19.8 Å². The molecule has 0 radical (unpaired) electrons. The smallest absolute Gasteiger partial charge is 0.243 e. The van der Waals surface area contributed by atoms with Crippen LogP contribution in [0.1, 0.15) is 39.0 Å². The molecule has 0 aromatic heterocycles. The Bertz CT molecular complexity index is 278. The van der Waals surface area contributed by atoms with Crippen LogP contribution < -0.4 is 10.6 Å². The highest BCUT2D eigenvalue weighted by atomic mass is 16.2. The number of aldehydes is 1. The van der Waals surface area contributed by atoms with E-state index in [4.69, 9.17) is 0 Å². The Hall–Kier alpha value is -1.39. The topological polar surface area (TPSA) is 75.3 Å². The number of amides is 2. The van der Waals surface area contributed by atoms with Gasteiger partial charge < -0.3 is 15.4 Å². The summed E-state index contributed by atoms with van der Waals surface area (Å²) in [5.41, 5.74) is 0. The molecule has 0 spiro atoms. The summed E-state index contributed by atoms with van der Waals surface area (Å²) < 4.78 is 0. The summed E-state index contributed by atoms with van der Waals surface area (Å²) in [6.45, 7) is 2.03. The van der Waals surface area contributed by atoms with E-state index in [0.29, 0.717) is 19.3 Å². The van der Waals surface area contributed by atoms with Gasteiger partial charge in [0.1, 0.15) is 12.3 Å². The molecule has 1 rings (SSSR count). The number of hydrogen-bond donors (Lipinski definition) is 2. The fraction of sp³-hybridized carbons (Fsp3) is 0.727. The zero-order valence-electron chi connectivity index (χ0n) is 9.49. The van der Waals surface area contributed by atoms with E-state index in [9.17, 15) is 14.4 Å². The SMILES string of the molecule is CCCC[C@@H](C=O)NC(=O)[C@@H]1CCC(=O)N1. The quantitative estimate of drug-likeness (QED) is 0.632. The molecule has 2 atom stereocenters. The van der Waals surface area contributed by atoms with E-state index in [1.165, 1.54) is 0 Å². The molecule has 0 aliphatic carbocycles. The number of nitrogens with one attached hydrogen (secondary N) is 2. The Morgan fingerprint density at radius 1 is 1.69 bits per heavy atom. The average molecular weight is 226 g/mol. The first kappa shape index (κ1) is 12.7. The largest absolute Gasteiger partial charge is 0.345 e. The Morgan fingerprint density at radius 3 is 2.94 bits per heavy atom. The highest BCUT2D eigenvalue weighted by Gasteiger charge is 2.28. The van der Waals surface area contributed by atoms with Crippen LogP contribution in [-0.4, -0.2) is 30.2 Å². The van der Waals surface area contributed by atoms with Crippen molar-refractivity contribution in [2.45, 2.75) is 51.1 Å². The number of carbonyl (C=O) groups excluding carboxylic acids is 3. The van der Waals surface area contributed by atoms with Crippen molar-refractivity contribution in [2.24, 2.45) is 0 Å². The number of rotatable bonds is 6. The molecule has 1 aliphatic heterocycles. The highest BCUT2D eigenvalue weighted by Crippen LogP contribution is 2.07. The van der Waals surface area contributed by atoms with Gasteiger partial charge in [-0.05, 0) is 12.8 Å². The maximum absolute atomic E-state index is 11.6. The van der Waals surface area contributed by atoms with Gasteiger partial charge in [0.2, 0.25) is 11.8 Å². The van der Waals surface area contributed by atoms with E-state index < -0.39 is 12.1 Å². The second-order valence-corrected chi connectivity index (χ2v) is 4.05. The minimum absolute atomic E-state index is 0.101. The molecular weight excluding hydrogens is 208 g/mol. The van der Waals surface area contributed by atoms with Crippen molar-refractivity contribution in [3.05, 3.63) is 0 Å². The van der Waals surface area contributed by atoms with Crippen LogP contribution in [-0.2, 0) is 14.4 Å². The van der Waals surface area contributed by atoms with Crippen LogP contribution in [0.15, 0.2) is 0 Å². The highest BCUT2D eigenvalue weighted by molar-refractivity contribution is 5.91. The van der Waals surface area contributed by atoms with E-state index in [1.807, 2.05) is 6.92 Å². The number of carbonyl (C=O) groups is 3. The molecule has 90 valence electrons. The van der Waals surface area contributed by atoms with Crippen LogP contribution in [0.2, 0.25) is 0 Å². The third-order valence-corrected chi connectivity index (χ3v) is 2.67. The van der Waals surface area contributed by atoms with Crippen molar-refractivity contribution >= 4 is 18.1 Å². The number of hydrogen-bond acceptors (Lipinski definition) is 3.